The molecule has 0 aromatic heterocycles. The van der Waals surface area contributed by atoms with Gasteiger partial charge in [0, 0.05) is 31.1 Å². The van der Waals surface area contributed by atoms with Crippen molar-refractivity contribution in [2.45, 2.75) is 25.9 Å². The van der Waals surface area contributed by atoms with E-state index in [1.54, 1.807) is 14.2 Å². The molecular formula is C25H27NO2. The van der Waals surface area contributed by atoms with E-state index < -0.39 is 0 Å². The molecule has 0 saturated heterocycles. The number of nitrogens with zero attached hydrogens (tertiary/aromatic N) is 1. The first kappa shape index (κ1) is 18.6. The third-order valence-electron chi connectivity index (χ3n) is 5.53. The van der Waals surface area contributed by atoms with Gasteiger partial charge in [-0.25, -0.2) is 0 Å². The van der Waals surface area contributed by atoms with Crippen LogP contribution in [0.15, 0.2) is 72.5 Å². The number of anilines is 1. The molecule has 1 aliphatic heterocycles. The van der Waals surface area contributed by atoms with Crippen LogP contribution in [0.4, 0.5) is 5.69 Å². The van der Waals surface area contributed by atoms with Crippen LogP contribution in [-0.4, -0.2) is 26.9 Å². The molecule has 0 amide bonds. The van der Waals surface area contributed by atoms with Crippen molar-refractivity contribution in [1.82, 2.24) is 0 Å². The van der Waals surface area contributed by atoms with Crippen LogP contribution in [0.1, 0.15) is 23.1 Å². The topological polar surface area (TPSA) is 21.7 Å². The molecule has 144 valence electrons. The number of benzene rings is 2. The average molecular weight is 373 g/mol. The third kappa shape index (κ3) is 3.76. The largest absolute Gasteiger partial charge is 0.497 e. The van der Waals surface area contributed by atoms with Gasteiger partial charge in [0.15, 0.2) is 0 Å². The maximum Gasteiger partial charge on any atom is 0.118 e. The Bertz CT molecular complexity index is 938. The number of rotatable bonds is 5. The molecule has 0 spiro atoms. The summed E-state index contributed by atoms with van der Waals surface area (Å²) in [6.07, 6.45) is 11.0. The van der Waals surface area contributed by atoms with Crippen LogP contribution >= 0.6 is 0 Å². The summed E-state index contributed by atoms with van der Waals surface area (Å²) in [5.41, 5.74) is 7.71. The quantitative estimate of drug-likeness (QED) is 0.709. The SMILES string of the molecule is COc1ccc(/C(=C/N2CCc3cc(C)ccc32)C2=CCC(OC)C=C2)cc1. The summed E-state index contributed by atoms with van der Waals surface area (Å²) in [6, 6.07) is 15.1. The van der Waals surface area contributed by atoms with E-state index in [0.29, 0.717) is 0 Å². The van der Waals surface area contributed by atoms with Crippen molar-refractivity contribution >= 4 is 11.3 Å². The normalized spacial score (nSPS) is 18.8. The first-order chi connectivity index (χ1) is 13.7. The molecule has 3 nitrogen and oxygen atoms in total. The van der Waals surface area contributed by atoms with Crippen molar-refractivity contribution in [2.24, 2.45) is 0 Å². The van der Waals surface area contributed by atoms with Gasteiger partial charge in [-0.15, -0.1) is 0 Å². The predicted molar refractivity (Wildman–Crippen MR) is 116 cm³/mol. The molecule has 28 heavy (non-hydrogen) atoms. The molecule has 1 aliphatic carbocycles. The Labute approximate surface area is 167 Å². The van der Waals surface area contributed by atoms with Crippen molar-refractivity contribution in [3.8, 4) is 5.75 Å². The first-order valence-corrected chi connectivity index (χ1v) is 9.82. The van der Waals surface area contributed by atoms with Gasteiger partial charge in [0.05, 0.1) is 13.2 Å². The van der Waals surface area contributed by atoms with E-state index in [1.165, 1.54) is 33.5 Å². The lowest BCUT2D eigenvalue weighted by molar-refractivity contribution is 0.142. The van der Waals surface area contributed by atoms with E-state index in [9.17, 15) is 0 Å². The standard InChI is InChI=1S/C25H27NO2/c1-18-4-13-25-21(16-18)14-15-26(25)17-24(19-5-9-22(27-2)10-6-19)20-7-11-23(28-3)12-8-20/h4-11,13,16-17,23H,12,14-15H2,1-3H3/b24-17-. The highest BCUT2D eigenvalue weighted by molar-refractivity contribution is 5.84. The second-order valence-corrected chi connectivity index (χ2v) is 7.38. The summed E-state index contributed by atoms with van der Waals surface area (Å²) in [5.74, 6) is 0.873. The molecule has 0 bridgehead atoms. The monoisotopic (exact) mass is 373 g/mol. The Morgan fingerprint density at radius 2 is 1.93 bits per heavy atom. The second kappa shape index (κ2) is 8.07. The van der Waals surface area contributed by atoms with E-state index in [-0.39, 0.29) is 6.10 Å². The molecule has 1 heterocycles. The minimum Gasteiger partial charge on any atom is -0.497 e. The minimum absolute atomic E-state index is 0.163. The Balaban J connectivity index is 1.72. The summed E-state index contributed by atoms with van der Waals surface area (Å²) in [5, 5.41) is 0. The van der Waals surface area contributed by atoms with Gasteiger partial charge in [0.2, 0.25) is 0 Å². The van der Waals surface area contributed by atoms with E-state index in [1.807, 2.05) is 12.1 Å². The summed E-state index contributed by atoms with van der Waals surface area (Å²) >= 11 is 0. The average Bonchev–Trinajstić information content (AvgIpc) is 3.14. The van der Waals surface area contributed by atoms with Crippen LogP contribution in [0.2, 0.25) is 0 Å². The molecule has 0 saturated carbocycles. The predicted octanol–water partition coefficient (Wildman–Crippen LogP) is 5.31. The zero-order valence-electron chi connectivity index (χ0n) is 16.8. The van der Waals surface area contributed by atoms with Gasteiger partial charge < -0.3 is 14.4 Å². The molecular weight excluding hydrogens is 346 g/mol. The van der Waals surface area contributed by atoms with E-state index >= 15 is 0 Å². The summed E-state index contributed by atoms with van der Waals surface area (Å²) in [4.78, 5) is 2.38. The van der Waals surface area contributed by atoms with Crippen LogP contribution < -0.4 is 9.64 Å². The molecule has 4 rings (SSSR count). The molecule has 3 heteroatoms. The number of fused-ring (bicyclic) bond motifs is 1. The van der Waals surface area contributed by atoms with Gasteiger partial charge in [0.25, 0.3) is 0 Å². The Morgan fingerprint density at radius 1 is 1.11 bits per heavy atom. The second-order valence-electron chi connectivity index (χ2n) is 7.38. The van der Waals surface area contributed by atoms with Gasteiger partial charge in [-0.1, -0.05) is 48.1 Å². The fourth-order valence-corrected chi connectivity index (χ4v) is 3.91. The highest BCUT2D eigenvalue weighted by atomic mass is 16.5. The molecule has 2 aliphatic rings. The fourth-order valence-electron chi connectivity index (χ4n) is 3.91. The lowest BCUT2D eigenvalue weighted by Gasteiger charge is -2.21. The Hall–Kier alpha value is -2.78. The maximum atomic E-state index is 5.47. The lowest BCUT2D eigenvalue weighted by Crippen LogP contribution is -2.14. The number of ether oxygens (including phenoxy) is 2. The number of methoxy groups -OCH3 is 2. The molecule has 0 radical (unpaired) electrons. The molecule has 1 unspecified atom stereocenters. The first-order valence-electron chi connectivity index (χ1n) is 9.82. The van der Waals surface area contributed by atoms with Crippen LogP contribution in [0, 0.1) is 6.92 Å². The summed E-state index contributed by atoms with van der Waals surface area (Å²) in [6.45, 7) is 3.17. The van der Waals surface area contributed by atoms with Crippen molar-refractivity contribution in [2.75, 3.05) is 25.7 Å². The van der Waals surface area contributed by atoms with Crippen LogP contribution in [0.25, 0.3) is 5.57 Å². The summed E-state index contributed by atoms with van der Waals surface area (Å²) in [7, 11) is 3.46. The van der Waals surface area contributed by atoms with Gasteiger partial charge in [-0.2, -0.15) is 0 Å². The van der Waals surface area contributed by atoms with E-state index in [0.717, 1.165) is 25.1 Å². The highest BCUT2D eigenvalue weighted by Crippen LogP contribution is 2.34. The maximum absolute atomic E-state index is 5.47. The van der Waals surface area contributed by atoms with E-state index in [4.69, 9.17) is 9.47 Å². The smallest absolute Gasteiger partial charge is 0.118 e. The molecule has 2 aromatic rings. The third-order valence-corrected chi connectivity index (χ3v) is 5.53. The zero-order valence-corrected chi connectivity index (χ0v) is 16.8. The molecule has 0 N–H and O–H groups in total. The minimum atomic E-state index is 0.163. The number of hydrogen-bond donors (Lipinski definition) is 0. The Kier molecular flexibility index (Phi) is 5.36. The Morgan fingerprint density at radius 3 is 2.61 bits per heavy atom. The van der Waals surface area contributed by atoms with Crippen LogP contribution in [-0.2, 0) is 11.2 Å². The van der Waals surface area contributed by atoms with Crippen LogP contribution in [0.5, 0.6) is 5.75 Å². The van der Waals surface area contributed by atoms with E-state index in [2.05, 4.69) is 66.6 Å². The fraction of sp³-hybridized carbons (Fsp3) is 0.280. The molecule has 1 atom stereocenters. The van der Waals surface area contributed by atoms with Gasteiger partial charge in [-0.05, 0) is 54.7 Å². The summed E-state index contributed by atoms with van der Waals surface area (Å²) < 4.78 is 10.8. The van der Waals surface area contributed by atoms with Crippen molar-refractivity contribution < 1.29 is 9.47 Å². The van der Waals surface area contributed by atoms with Crippen LogP contribution in [0.3, 0.4) is 0 Å². The zero-order chi connectivity index (χ0) is 19.5. The molecule has 2 aromatic carbocycles. The van der Waals surface area contributed by atoms with Gasteiger partial charge >= 0.3 is 0 Å². The highest BCUT2D eigenvalue weighted by Gasteiger charge is 2.20. The number of hydrogen-bond acceptors (Lipinski definition) is 3. The van der Waals surface area contributed by atoms with Crippen molar-refractivity contribution in [3.05, 3.63) is 89.2 Å². The van der Waals surface area contributed by atoms with Gasteiger partial charge in [-0.3, -0.25) is 0 Å². The van der Waals surface area contributed by atoms with Crippen molar-refractivity contribution in [1.29, 1.82) is 0 Å². The lowest BCUT2D eigenvalue weighted by atomic mass is 9.93. The number of aryl methyl sites for hydroxylation is 1. The van der Waals surface area contributed by atoms with Crippen molar-refractivity contribution in [3.63, 3.8) is 0 Å². The number of allylic oxidation sites excluding steroid dienone is 3. The van der Waals surface area contributed by atoms with Gasteiger partial charge in [0.1, 0.15) is 5.75 Å². The molecule has 0 fully saturated rings.